The highest BCUT2D eigenvalue weighted by molar-refractivity contribution is 9.10. The van der Waals surface area contributed by atoms with E-state index in [0.29, 0.717) is 35.9 Å². The molecule has 0 N–H and O–H groups in total. The van der Waals surface area contributed by atoms with Crippen molar-refractivity contribution in [3.8, 4) is 16.4 Å². The van der Waals surface area contributed by atoms with Gasteiger partial charge in [-0.2, -0.15) is 5.10 Å². The Balaban J connectivity index is 1.33. The number of piperazine rings is 1. The zero-order valence-corrected chi connectivity index (χ0v) is 24.6. The molecule has 4 aromatic rings. The molecule has 1 unspecified atom stereocenters. The Morgan fingerprint density at radius 2 is 1.77 bits per heavy atom. The minimum Gasteiger partial charge on any atom is -0.335 e. The number of hydrogen-bond acceptors (Lipinski definition) is 7. The summed E-state index contributed by atoms with van der Waals surface area (Å²) in [7, 11) is 0. The summed E-state index contributed by atoms with van der Waals surface area (Å²) < 4.78 is 2.75. The number of nitro groups is 1. The molecule has 3 heterocycles. The number of halogens is 1. The number of carbonyl (C=O) groups is 2. The molecule has 1 fully saturated rings. The number of carbonyl (C=O) groups excluding carboxylic acids is 2. The second-order valence-corrected chi connectivity index (χ2v) is 11.7. The molecule has 206 valence electrons. The standard InChI is InChI=1S/C28H27BrN6O4S/c1-17(2)25-23(14-30-34(25)28-31-24(16-40-28)19-4-8-21(29)9-5-19)27(37)32-12-13-33(18(3)15-32)26(36)20-6-10-22(11-7-20)35(38)39/h4-11,14,16-18H,12-13,15H2,1-3H3. The van der Waals surface area contributed by atoms with E-state index in [1.54, 1.807) is 20.7 Å². The number of non-ortho nitro benzene ring substituents is 1. The number of thiazole rings is 1. The Morgan fingerprint density at radius 1 is 1.07 bits per heavy atom. The van der Waals surface area contributed by atoms with Gasteiger partial charge in [0, 0.05) is 58.8 Å². The predicted octanol–water partition coefficient (Wildman–Crippen LogP) is 5.78. The largest absolute Gasteiger partial charge is 0.335 e. The average molecular weight is 624 g/mol. The summed E-state index contributed by atoms with van der Waals surface area (Å²) >= 11 is 4.93. The summed E-state index contributed by atoms with van der Waals surface area (Å²) in [4.78, 5) is 45.5. The van der Waals surface area contributed by atoms with E-state index in [1.807, 2.05) is 50.4 Å². The summed E-state index contributed by atoms with van der Waals surface area (Å²) in [5.41, 5.74) is 3.47. The lowest BCUT2D eigenvalue weighted by Gasteiger charge is -2.40. The first-order valence-electron chi connectivity index (χ1n) is 12.8. The van der Waals surface area contributed by atoms with Crippen molar-refractivity contribution in [3.63, 3.8) is 0 Å². The maximum absolute atomic E-state index is 13.7. The van der Waals surface area contributed by atoms with Crippen molar-refractivity contribution in [3.05, 3.63) is 91.5 Å². The summed E-state index contributed by atoms with van der Waals surface area (Å²) in [6, 6.07) is 13.3. The van der Waals surface area contributed by atoms with E-state index in [9.17, 15) is 19.7 Å². The maximum Gasteiger partial charge on any atom is 0.269 e. The fourth-order valence-electron chi connectivity index (χ4n) is 4.85. The van der Waals surface area contributed by atoms with Crippen LogP contribution < -0.4 is 0 Å². The minimum absolute atomic E-state index is 0.0175. The van der Waals surface area contributed by atoms with E-state index in [2.05, 4.69) is 21.0 Å². The molecule has 0 spiro atoms. The first-order valence-corrected chi connectivity index (χ1v) is 14.5. The number of nitrogens with zero attached hydrogens (tertiary/aromatic N) is 6. The van der Waals surface area contributed by atoms with Gasteiger partial charge in [0.15, 0.2) is 0 Å². The molecule has 1 atom stereocenters. The molecule has 10 nitrogen and oxygen atoms in total. The smallest absolute Gasteiger partial charge is 0.269 e. The third kappa shape index (κ3) is 5.41. The summed E-state index contributed by atoms with van der Waals surface area (Å²) in [6.45, 7) is 7.04. The van der Waals surface area contributed by atoms with Crippen LogP contribution in [-0.4, -0.2) is 67.0 Å². The summed E-state index contributed by atoms with van der Waals surface area (Å²) in [5.74, 6) is -0.326. The number of rotatable bonds is 6. The van der Waals surface area contributed by atoms with Gasteiger partial charge in [-0.3, -0.25) is 19.7 Å². The molecule has 2 amide bonds. The van der Waals surface area contributed by atoms with E-state index in [-0.39, 0.29) is 29.5 Å². The van der Waals surface area contributed by atoms with E-state index in [0.717, 1.165) is 21.4 Å². The van der Waals surface area contributed by atoms with Crippen LogP contribution in [0.25, 0.3) is 16.4 Å². The van der Waals surface area contributed by atoms with Crippen molar-refractivity contribution >= 4 is 44.8 Å². The molecular weight excluding hydrogens is 596 g/mol. The number of nitro benzene ring substituents is 1. The second kappa shape index (κ2) is 11.3. The molecule has 1 aliphatic rings. The summed E-state index contributed by atoms with van der Waals surface area (Å²) in [6.07, 6.45) is 1.61. The molecule has 1 saturated heterocycles. The molecule has 5 rings (SSSR count). The number of benzene rings is 2. The normalized spacial score (nSPS) is 15.5. The van der Waals surface area contributed by atoms with E-state index < -0.39 is 4.92 Å². The Labute approximate surface area is 243 Å². The van der Waals surface area contributed by atoms with Crippen molar-refractivity contribution in [1.29, 1.82) is 0 Å². The van der Waals surface area contributed by atoms with Gasteiger partial charge in [-0.05, 0) is 37.1 Å². The van der Waals surface area contributed by atoms with E-state index in [4.69, 9.17) is 4.98 Å². The molecule has 12 heteroatoms. The molecule has 2 aromatic carbocycles. The molecule has 0 saturated carbocycles. The average Bonchev–Trinajstić information content (AvgIpc) is 3.60. The van der Waals surface area contributed by atoms with Crippen molar-refractivity contribution in [2.75, 3.05) is 19.6 Å². The highest BCUT2D eigenvalue weighted by Crippen LogP contribution is 2.30. The van der Waals surface area contributed by atoms with Gasteiger partial charge in [0.2, 0.25) is 5.13 Å². The van der Waals surface area contributed by atoms with Crippen LogP contribution in [0.1, 0.15) is 53.1 Å². The van der Waals surface area contributed by atoms with Gasteiger partial charge < -0.3 is 9.80 Å². The minimum atomic E-state index is -0.495. The van der Waals surface area contributed by atoms with E-state index in [1.165, 1.54) is 35.6 Å². The Kier molecular flexibility index (Phi) is 7.81. The zero-order chi connectivity index (χ0) is 28.6. The predicted molar refractivity (Wildman–Crippen MR) is 156 cm³/mol. The van der Waals surface area contributed by atoms with Gasteiger partial charge in [-0.1, -0.05) is 41.9 Å². The molecule has 2 aromatic heterocycles. The summed E-state index contributed by atoms with van der Waals surface area (Å²) in [5, 5.41) is 18.2. The highest BCUT2D eigenvalue weighted by Gasteiger charge is 2.33. The molecule has 0 aliphatic carbocycles. The van der Waals surface area contributed by atoms with Crippen molar-refractivity contribution in [2.45, 2.75) is 32.7 Å². The van der Waals surface area contributed by atoms with Gasteiger partial charge >= 0.3 is 0 Å². The van der Waals surface area contributed by atoms with Crippen molar-refractivity contribution < 1.29 is 14.5 Å². The monoisotopic (exact) mass is 622 g/mol. The van der Waals surface area contributed by atoms with Crippen LogP contribution in [0.4, 0.5) is 5.69 Å². The highest BCUT2D eigenvalue weighted by atomic mass is 79.9. The van der Waals surface area contributed by atoms with Crippen molar-refractivity contribution in [2.24, 2.45) is 0 Å². The first kappa shape index (κ1) is 27.7. The van der Waals surface area contributed by atoms with Gasteiger partial charge in [0.25, 0.3) is 17.5 Å². The number of hydrogen-bond donors (Lipinski definition) is 0. The molecule has 0 radical (unpaired) electrons. The number of amides is 2. The van der Waals surface area contributed by atoms with Crippen LogP contribution in [0.3, 0.4) is 0 Å². The van der Waals surface area contributed by atoms with Crippen LogP contribution in [0.2, 0.25) is 0 Å². The van der Waals surface area contributed by atoms with Crippen molar-refractivity contribution in [1.82, 2.24) is 24.6 Å². The van der Waals surface area contributed by atoms with E-state index >= 15 is 0 Å². The number of aromatic nitrogens is 3. The quantitative estimate of drug-likeness (QED) is 0.199. The van der Waals surface area contributed by atoms with Gasteiger partial charge in [-0.15, -0.1) is 11.3 Å². The van der Waals surface area contributed by atoms with Gasteiger partial charge in [0.1, 0.15) is 0 Å². The second-order valence-electron chi connectivity index (χ2n) is 9.93. The maximum atomic E-state index is 13.7. The van der Waals surface area contributed by atoms with Crippen LogP contribution in [-0.2, 0) is 0 Å². The lowest BCUT2D eigenvalue weighted by Crippen LogP contribution is -2.55. The molecule has 1 aliphatic heterocycles. The fourth-order valence-corrected chi connectivity index (χ4v) is 5.92. The van der Waals surface area contributed by atoms with Crippen LogP contribution in [0.15, 0.2) is 64.6 Å². The third-order valence-electron chi connectivity index (χ3n) is 6.90. The Hall–Kier alpha value is -3.90. The van der Waals surface area contributed by atoms with Crippen LogP contribution in [0, 0.1) is 10.1 Å². The third-order valence-corrected chi connectivity index (χ3v) is 8.24. The molecule has 0 bridgehead atoms. The van der Waals surface area contributed by atoms with Gasteiger partial charge in [-0.25, -0.2) is 9.67 Å². The lowest BCUT2D eigenvalue weighted by atomic mass is 10.0. The van der Waals surface area contributed by atoms with Crippen LogP contribution >= 0.6 is 27.3 Å². The first-order chi connectivity index (χ1) is 19.1. The Bertz CT molecular complexity index is 1560. The van der Waals surface area contributed by atoms with Gasteiger partial charge in [0.05, 0.1) is 28.1 Å². The topological polar surface area (TPSA) is 114 Å². The lowest BCUT2D eigenvalue weighted by molar-refractivity contribution is -0.384. The molecule has 40 heavy (non-hydrogen) atoms. The van der Waals surface area contributed by atoms with Crippen LogP contribution in [0.5, 0.6) is 0 Å². The Morgan fingerprint density at radius 3 is 2.40 bits per heavy atom. The zero-order valence-electron chi connectivity index (χ0n) is 22.2. The SMILES string of the molecule is CC(C)c1c(C(=O)N2CCN(C(=O)c3ccc([N+](=O)[O-])cc3)C(C)C2)cnn1-c1nc(-c2ccc(Br)cc2)cs1. The molecular formula is C28H27BrN6O4S. The fraction of sp³-hybridized carbons (Fsp3) is 0.286.